The van der Waals surface area contributed by atoms with Gasteiger partial charge in [0.2, 0.25) is 0 Å². The van der Waals surface area contributed by atoms with Crippen LogP contribution in [0, 0.1) is 0 Å². The van der Waals surface area contributed by atoms with E-state index in [9.17, 15) is 18.3 Å². The Morgan fingerprint density at radius 3 is 2.38 bits per heavy atom. The third kappa shape index (κ3) is 1.71. The Kier molecular flexibility index (Phi) is 2.31. The van der Waals surface area contributed by atoms with Gasteiger partial charge >= 0.3 is 6.18 Å². The first kappa shape index (κ1) is 10.8. The third-order valence-electron chi connectivity index (χ3n) is 2.25. The van der Waals surface area contributed by atoms with E-state index in [0.717, 1.165) is 6.20 Å². The molecular weight excluding hydrogens is 221 g/mol. The van der Waals surface area contributed by atoms with E-state index in [0.29, 0.717) is 11.8 Å². The van der Waals surface area contributed by atoms with Crippen molar-refractivity contribution in [1.82, 2.24) is 0 Å². The quantitative estimate of drug-likeness (QED) is 0.640. The van der Waals surface area contributed by atoms with E-state index in [-0.39, 0.29) is 5.69 Å². The molecular formula is C10H9F3N2O. The summed E-state index contributed by atoms with van der Waals surface area (Å²) in [6.45, 7) is 0. The summed E-state index contributed by atoms with van der Waals surface area (Å²) in [5.41, 5.74) is -2.39. The number of para-hydroxylation sites is 2. The van der Waals surface area contributed by atoms with Crippen LogP contribution < -0.4 is 10.6 Å². The molecule has 0 saturated heterocycles. The van der Waals surface area contributed by atoms with Crippen LogP contribution in [0.5, 0.6) is 0 Å². The molecule has 0 amide bonds. The molecule has 0 saturated carbocycles. The zero-order valence-corrected chi connectivity index (χ0v) is 8.05. The van der Waals surface area contributed by atoms with E-state index in [4.69, 9.17) is 0 Å². The molecule has 0 radical (unpaired) electrons. The largest absolute Gasteiger partial charge is 0.440 e. The molecule has 0 fully saturated rings. The summed E-state index contributed by atoms with van der Waals surface area (Å²) in [6, 6.07) is 6.32. The molecule has 2 rings (SSSR count). The van der Waals surface area contributed by atoms with Gasteiger partial charge in [0.05, 0.1) is 11.4 Å². The van der Waals surface area contributed by atoms with Crippen molar-refractivity contribution in [3.05, 3.63) is 36.5 Å². The topological polar surface area (TPSA) is 44.3 Å². The Bertz CT molecular complexity index is 430. The number of alkyl halides is 3. The van der Waals surface area contributed by atoms with Crippen LogP contribution in [0.2, 0.25) is 0 Å². The van der Waals surface area contributed by atoms with Crippen LogP contribution in [-0.2, 0) is 0 Å². The molecule has 86 valence electrons. The van der Waals surface area contributed by atoms with E-state index >= 15 is 0 Å². The maximum Gasteiger partial charge on any atom is 0.440 e. The molecule has 3 nitrogen and oxygen atoms in total. The molecule has 1 atom stereocenters. The van der Waals surface area contributed by atoms with Crippen LogP contribution in [0.25, 0.3) is 0 Å². The van der Waals surface area contributed by atoms with Gasteiger partial charge in [-0.1, -0.05) is 12.1 Å². The second-order valence-corrected chi connectivity index (χ2v) is 3.41. The normalized spacial score (nSPS) is 24.0. The van der Waals surface area contributed by atoms with Crippen LogP contribution >= 0.6 is 0 Å². The van der Waals surface area contributed by atoms with Crippen molar-refractivity contribution >= 4 is 11.4 Å². The molecule has 0 aliphatic carbocycles. The van der Waals surface area contributed by atoms with Crippen LogP contribution in [0.3, 0.4) is 0 Å². The highest BCUT2D eigenvalue weighted by Crippen LogP contribution is 2.36. The maximum absolute atomic E-state index is 12.6. The fourth-order valence-electron chi connectivity index (χ4n) is 1.38. The van der Waals surface area contributed by atoms with Crippen LogP contribution in [0.4, 0.5) is 24.5 Å². The number of rotatable bonds is 0. The molecule has 0 bridgehead atoms. The Hall–Kier alpha value is -1.69. The lowest BCUT2D eigenvalue weighted by molar-refractivity contribution is -0.228. The summed E-state index contributed by atoms with van der Waals surface area (Å²) in [4.78, 5) is 0. The van der Waals surface area contributed by atoms with Crippen molar-refractivity contribution in [3.63, 3.8) is 0 Å². The Morgan fingerprint density at radius 1 is 1.12 bits per heavy atom. The smallest absolute Gasteiger partial charge is 0.360 e. The van der Waals surface area contributed by atoms with Gasteiger partial charge < -0.3 is 15.7 Å². The van der Waals surface area contributed by atoms with Crippen LogP contribution in [0.1, 0.15) is 0 Å². The molecule has 0 aromatic heterocycles. The second-order valence-electron chi connectivity index (χ2n) is 3.41. The number of halogens is 3. The SMILES string of the molecule is OC1(C(F)(F)F)C=CNc2ccccc2N1. The van der Waals surface area contributed by atoms with Gasteiger partial charge in [-0.25, -0.2) is 0 Å². The summed E-state index contributed by atoms with van der Waals surface area (Å²) < 4.78 is 37.8. The highest BCUT2D eigenvalue weighted by atomic mass is 19.4. The minimum Gasteiger partial charge on any atom is -0.360 e. The summed E-state index contributed by atoms with van der Waals surface area (Å²) in [5.74, 6) is 0. The fraction of sp³-hybridized carbons (Fsp3) is 0.200. The second kappa shape index (κ2) is 3.41. The number of benzene rings is 1. The van der Waals surface area contributed by atoms with E-state index in [1.165, 1.54) is 6.07 Å². The third-order valence-corrected chi connectivity index (χ3v) is 2.25. The highest BCUT2D eigenvalue weighted by Gasteiger charge is 2.53. The van der Waals surface area contributed by atoms with Gasteiger partial charge in [0.25, 0.3) is 5.72 Å². The van der Waals surface area contributed by atoms with Crippen molar-refractivity contribution in [2.45, 2.75) is 11.9 Å². The fourth-order valence-corrected chi connectivity index (χ4v) is 1.38. The lowest BCUT2D eigenvalue weighted by atomic mass is 10.2. The van der Waals surface area contributed by atoms with Gasteiger partial charge in [-0.2, -0.15) is 13.2 Å². The first-order valence-electron chi connectivity index (χ1n) is 4.53. The molecule has 1 aromatic rings. The summed E-state index contributed by atoms with van der Waals surface area (Å²) in [7, 11) is 0. The summed E-state index contributed by atoms with van der Waals surface area (Å²) in [6.07, 6.45) is -3.10. The molecule has 1 heterocycles. The van der Waals surface area contributed by atoms with Gasteiger partial charge in [0.15, 0.2) is 0 Å². The predicted molar refractivity (Wildman–Crippen MR) is 53.8 cm³/mol. The Labute approximate surface area is 89.6 Å². The van der Waals surface area contributed by atoms with Gasteiger partial charge in [-0.15, -0.1) is 0 Å². The first-order valence-corrected chi connectivity index (χ1v) is 4.53. The lowest BCUT2D eigenvalue weighted by Gasteiger charge is -2.28. The van der Waals surface area contributed by atoms with E-state index in [2.05, 4.69) is 10.6 Å². The van der Waals surface area contributed by atoms with Crippen LogP contribution in [-0.4, -0.2) is 17.0 Å². The molecule has 1 aliphatic rings. The molecule has 16 heavy (non-hydrogen) atoms. The summed E-state index contributed by atoms with van der Waals surface area (Å²) >= 11 is 0. The Morgan fingerprint density at radius 2 is 1.75 bits per heavy atom. The molecule has 1 aromatic carbocycles. The number of anilines is 2. The number of hydrogen-bond acceptors (Lipinski definition) is 3. The van der Waals surface area contributed by atoms with Gasteiger partial charge in [-0.05, 0) is 18.2 Å². The molecule has 0 spiro atoms. The number of fused-ring (bicyclic) bond motifs is 1. The number of aliphatic hydroxyl groups is 1. The minimum atomic E-state index is -4.79. The van der Waals surface area contributed by atoms with E-state index < -0.39 is 11.9 Å². The zero-order chi connectivity index (χ0) is 11.8. The van der Waals surface area contributed by atoms with E-state index in [1.54, 1.807) is 18.2 Å². The van der Waals surface area contributed by atoms with Crippen molar-refractivity contribution in [2.24, 2.45) is 0 Å². The molecule has 1 aliphatic heterocycles. The number of hydrogen-bond donors (Lipinski definition) is 3. The maximum atomic E-state index is 12.6. The number of nitrogens with one attached hydrogen (secondary N) is 2. The monoisotopic (exact) mass is 230 g/mol. The van der Waals surface area contributed by atoms with Crippen LogP contribution in [0.15, 0.2) is 36.5 Å². The standard InChI is InChI=1S/C10H9F3N2O/c11-10(12,13)9(16)5-6-14-7-3-1-2-4-8(7)15-9/h1-6,14-16H. The van der Waals surface area contributed by atoms with Crippen molar-refractivity contribution in [2.75, 3.05) is 10.6 Å². The van der Waals surface area contributed by atoms with E-state index in [1.807, 2.05) is 0 Å². The van der Waals surface area contributed by atoms with Crippen molar-refractivity contribution in [3.8, 4) is 0 Å². The zero-order valence-electron chi connectivity index (χ0n) is 8.05. The molecule has 1 unspecified atom stereocenters. The average molecular weight is 230 g/mol. The summed E-state index contributed by atoms with van der Waals surface area (Å²) in [5, 5.41) is 14.2. The van der Waals surface area contributed by atoms with Crippen molar-refractivity contribution in [1.29, 1.82) is 0 Å². The first-order chi connectivity index (χ1) is 7.42. The predicted octanol–water partition coefficient (Wildman–Crippen LogP) is 2.29. The lowest BCUT2D eigenvalue weighted by Crippen LogP contribution is -2.49. The minimum absolute atomic E-state index is 0.187. The molecule has 3 N–H and O–H groups in total. The molecule has 6 heteroatoms. The average Bonchev–Trinajstić information content (AvgIpc) is 2.35. The van der Waals surface area contributed by atoms with Gasteiger partial charge in [-0.3, -0.25) is 0 Å². The Balaban J connectivity index is 2.43. The van der Waals surface area contributed by atoms with Gasteiger partial charge in [0, 0.05) is 6.20 Å². The highest BCUT2D eigenvalue weighted by molar-refractivity contribution is 5.71. The van der Waals surface area contributed by atoms with Crippen molar-refractivity contribution < 1.29 is 18.3 Å². The van der Waals surface area contributed by atoms with Gasteiger partial charge in [0.1, 0.15) is 0 Å².